The topological polar surface area (TPSA) is 56.8 Å². The first-order valence-corrected chi connectivity index (χ1v) is 11.1. The second-order valence-corrected chi connectivity index (χ2v) is 9.42. The fraction of sp³-hybridized carbons (Fsp3) is 0.571. The zero-order valence-corrected chi connectivity index (χ0v) is 16.9. The lowest BCUT2D eigenvalue weighted by molar-refractivity contribution is -0.139. The summed E-state index contributed by atoms with van der Waals surface area (Å²) in [6.45, 7) is 4.82. The van der Waals surface area contributed by atoms with Gasteiger partial charge in [0.25, 0.3) is 5.91 Å². The molecule has 2 aliphatic heterocycles. The van der Waals surface area contributed by atoms with E-state index in [1.54, 1.807) is 6.20 Å². The molecule has 3 aliphatic rings. The number of piperidine rings is 1. The van der Waals surface area contributed by atoms with Gasteiger partial charge in [0.2, 0.25) is 5.91 Å². The molecule has 1 aliphatic carbocycles. The monoisotopic (exact) mass is 398 g/mol. The van der Waals surface area contributed by atoms with Gasteiger partial charge in [-0.25, -0.2) is 0 Å². The lowest BCUT2D eigenvalue weighted by Gasteiger charge is -2.43. The maximum absolute atomic E-state index is 13.1. The highest BCUT2D eigenvalue weighted by molar-refractivity contribution is 7.20. The molecule has 5 rings (SSSR count). The van der Waals surface area contributed by atoms with Gasteiger partial charge >= 0.3 is 0 Å². The molecule has 2 aromatic heterocycles. The summed E-state index contributed by atoms with van der Waals surface area (Å²) in [4.78, 5) is 37.0. The van der Waals surface area contributed by atoms with Crippen molar-refractivity contribution in [1.82, 2.24) is 19.7 Å². The number of piperazine rings is 1. The highest BCUT2D eigenvalue weighted by Crippen LogP contribution is 2.31. The zero-order chi connectivity index (χ0) is 19.1. The number of carbonyl (C=O) groups excluding carboxylic acids is 2. The maximum Gasteiger partial charge on any atom is 0.264 e. The van der Waals surface area contributed by atoms with E-state index < -0.39 is 0 Å². The van der Waals surface area contributed by atoms with Crippen molar-refractivity contribution >= 4 is 33.2 Å². The number of likely N-dealkylation sites (tertiary alicyclic amines) is 1. The minimum absolute atomic E-state index is 0.0886. The third-order valence-corrected chi connectivity index (χ3v) is 7.28. The standard InChI is InChI=1S/C21H26N4O2S/c26-20-14-23(12-15-3-4-15)8-9-25(20)17-2-1-7-24(13-17)21(27)18-10-16-5-6-22-11-19(16)28-18/h5-6,10-11,15,17H,1-4,7-9,12-14H2. The van der Waals surface area contributed by atoms with E-state index in [4.69, 9.17) is 0 Å². The number of rotatable bonds is 4. The fourth-order valence-corrected chi connectivity index (χ4v) is 5.48. The van der Waals surface area contributed by atoms with Crippen LogP contribution in [0.3, 0.4) is 0 Å². The summed E-state index contributed by atoms with van der Waals surface area (Å²) in [5, 5.41) is 1.07. The normalized spacial score (nSPS) is 24.1. The molecule has 7 heteroatoms. The van der Waals surface area contributed by atoms with Crippen LogP contribution in [-0.4, -0.2) is 76.8 Å². The third kappa shape index (κ3) is 3.65. The molecular weight excluding hydrogens is 372 g/mol. The lowest BCUT2D eigenvalue weighted by Crippen LogP contribution is -2.58. The molecule has 0 spiro atoms. The van der Waals surface area contributed by atoms with Crippen molar-refractivity contribution in [3.63, 3.8) is 0 Å². The number of carbonyl (C=O) groups is 2. The number of hydrogen-bond donors (Lipinski definition) is 0. The summed E-state index contributed by atoms with van der Waals surface area (Å²) in [5.41, 5.74) is 0. The Labute approximate surface area is 169 Å². The first-order chi connectivity index (χ1) is 13.7. The van der Waals surface area contributed by atoms with Gasteiger partial charge in [-0.1, -0.05) is 0 Å². The molecule has 6 nitrogen and oxygen atoms in total. The van der Waals surface area contributed by atoms with Crippen LogP contribution in [0.4, 0.5) is 0 Å². The van der Waals surface area contributed by atoms with Crippen LogP contribution in [0.15, 0.2) is 24.5 Å². The molecule has 1 atom stereocenters. The Morgan fingerprint density at radius 3 is 2.89 bits per heavy atom. The van der Waals surface area contributed by atoms with Crippen molar-refractivity contribution in [2.45, 2.75) is 31.7 Å². The van der Waals surface area contributed by atoms with Crippen molar-refractivity contribution in [2.24, 2.45) is 5.92 Å². The van der Waals surface area contributed by atoms with E-state index in [-0.39, 0.29) is 17.9 Å². The second-order valence-electron chi connectivity index (χ2n) is 8.34. The Morgan fingerprint density at radius 2 is 2.11 bits per heavy atom. The van der Waals surface area contributed by atoms with Crippen molar-refractivity contribution in [2.75, 3.05) is 39.3 Å². The fourth-order valence-electron chi connectivity index (χ4n) is 4.48. The predicted octanol–water partition coefficient (Wildman–Crippen LogP) is 2.46. The molecule has 2 saturated heterocycles. The number of hydrogen-bond acceptors (Lipinski definition) is 5. The number of nitrogens with zero attached hydrogens (tertiary/aromatic N) is 4. The Kier molecular flexibility index (Phi) is 4.80. The largest absolute Gasteiger partial charge is 0.336 e. The molecule has 1 unspecified atom stereocenters. The van der Waals surface area contributed by atoms with Crippen molar-refractivity contribution < 1.29 is 9.59 Å². The Morgan fingerprint density at radius 1 is 1.21 bits per heavy atom. The van der Waals surface area contributed by atoms with Crippen LogP contribution in [-0.2, 0) is 4.79 Å². The van der Waals surface area contributed by atoms with Crippen LogP contribution in [0.25, 0.3) is 10.1 Å². The first kappa shape index (κ1) is 18.1. The van der Waals surface area contributed by atoms with Crippen LogP contribution in [0.1, 0.15) is 35.4 Å². The average molecular weight is 399 g/mol. The summed E-state index contributed by atoms with van der Waals surface area (Å²) < 4.78 is 1.04. The smallest absolute Gasteiger partial charge is 0.264 e. The van der Waals surface area contributed by atoms with Gasteiger partial charge in [0.05, 0.1) is 16.1 Å². The molecule has 2 aromatic rings. The van der Waals surface area contributed by atoms with Crippen LogP contribution in [0.5, 0.6) is 0 Å². The number of thiophene rings is 1. The van der Waals surface area contributed by atoms with Crippen LogP contribution >= 0.6 is 11.3 Å². The van der Waals surface area contributed by atoms with E-state index in [2.05, 4.69) is 9.88 Å². The van der Waals surface area contributed by atoms with Gasteiger partial charge in [-0.2, -0.15) is 0 Å². The van der Waals surface area contributed by atoms with Crippen LogP contribution < -0.4 is 0 Å². The van der Waals surface area contributed by atoms with Gasteiger partial charge in [0.15, 0.2) is 0 Å². The molecule has 28 heavy (non-hydrogen) atoms. The molecule has 3 fully saturated rings. The molecule has 4 heterocycles. The van der Waals surface area contributed by atoms with Crippen LogP contribution in [0, 0.1) is 5.92 Å². The molecule has 0 bridgehead atoms. The number of aromatic nitrogens is 1. The Hall–Kier alpha value is -1.99. The van der Waals surface area contributed by atoms with E-state index >= 15 is 0 Å². The number of pyridine rings is 1. The summed E-state index contributed by atoms with van der Waals surface area (Å²) in [6, 6.07) is 4.07. The number of fused-ring (bicyclic) bond motifs is 1. The van der Waals surface area contributed by atoms with Gasteiger partial charge in [-0.3, -0.25) is 19.5 Å². The van der Waals surface area contributed by atoms with Gasteiger partial charge < -0.3 is 9.80 Å². The predicted molar refractivity (Wildman–Crippen MR) is 109 cm³/mol. The minimum Gasteiger partial charge on any atom is -0.336 e. The lowest BCUT2D eigenvalue weighted by atomic mass is 10.0. The highest BCUT2D eigenvalue weighted by Gasteiger charge is 2.35. The highest BCUT2D eigenvalue weighted by atomic mass is 32.1. The average Bonchev–Trinajstić information content (AvgIpc) is 3.42. The third-order valence-electron chi connectivity index (χ3n) is 6.21. The molecule has 2 amide bonds. The second kappa shape index (κ2) is 7.44. The number of amides is 2. The van der Waals surface area contributed by atoms with Gasteiger partial charge in [0.1, 0.15) is 0 Å². The van der Waals surface area contributed by atoms with E-state index in [9.17, 15) is 9.59 Å². The summed E-state index contributed by atoms with van der Waals surface area (Å²) in [7, 11) is 0. The quantitative estimate of drug-likeness (QED) is 0.794. The summed E-state index contributed by atoms with van der Waals surface area (Å²) in [6.07, 6.45) is 8.17. The molecule has 0 N–H and O–H groups in total. The summed E-state index contributed by atoms with van der Waals surface area (Å²) >= 11 is 1.51. The minimum atomic E-state index is 0.0886. The first-order valence-electron chi connectivity index (χ1n) is 10.3. The van der Waals surface area contributed by atoms with E-state index in [1.807, 2.05) is 28.1 Å². The Balaban J connectivity index is 1.24. The summed E-state index contributed by atoms with van der Waals surface area (Å²) in [5.74, 6) is 1.14. The van der Waals surface area contributed by atoms with Crippen molar-refractivity contribution in [1.29, 1.82) is 0 Å². The van der Waals surface area contributed by atoms with Crippen molar-refractivity contribution in [3.05, 3.63) is 29.4 Å². The van der Waals surface area contributed by atoms with Crippen molar-refractivity contribution in [3.8, 4) is 0 Å². The zero-order valence-electron chi connectivity index (χ0n) is 16.0. The maximum atomic E-state index is 13.1. The van der Waals surface area contributed by atoms with Gasteiger partial charge in [0, 0.05) is 51.2 Å². The van der Waals surface area contributed by atoms with Gasteiger partial charge in [-0.15, -0.1) is 11.3 Å². The molecular formula is C21H26N4O2S. The van der Waals surface area contributed by atoms with Crippen LogP contribution in [0.2, 0.25) is 0 Å². The molecule has 0 aromatic carbocycles. The SMILES string of the molecule is O=C(c1cc2ccncc2s1)N1CCCC(N2CCN(CC3CC3)CC2=O)C1. The van der Waals surface area contributed by atoms with E-state index in [1.165, 1.54) is 24.2 Å². The van der Waals surface area contributed by atoms with E-state index in [0.29, 0.717) is 13.1 Å². The Bertz CT molecular complexity index is 860. The molecule has 148 valence electrons. The van der Waals surface area contributed by atoms with E-state index in [0.717, 1.165) is 59.9 Å². The van der Waals surface area contributed by atoms with Gasteiger partial charge in [-0.05, 0) is 49.1 Å². The molecule has 0 radical (unpaired) electrons. The molecule has 1 saturated carbocycles.